The number of benzene rings is 2. The van der Waals surface area contributed by atoms with Gasteiger partial charge in [0.1, 0.15) is 0 Å². The van der Waals surface area contributed by atoms with Gasteiger partial charge >= 0.3 is 0 Å². The van der Waals surface area contributed by atoms with Crippen molar-refractivity contribution in [3.8, 4) is 0 Å². The van der Waals surface area contributed by atoms with Crippen molar-refractivity contribution in [2.45, 2.75) is 123 Å². The fraction of sp³-hybridized carbons (Fsp3) is 0.613. The molecule has 0 heteroatoms. The highest BCUT2D eigenvalue weighted by atomic mass is 14.4. The van der Waals surface area contributed by atoms with Gasteiger partial charge in [0.2, 0.25) is 0 Å². The van der Waals surface area contributed by atoms with Crippen LogP contribution in [-0.2, 0) is 28.1 Å². The molecule has 0 amide bonds. The molecule has 168 valence electrons. The molecule has 4 rings (SSSR count). The number of aryl methyl sites for hydroxylation is 2. The van der Waals surface area contributed by atoms with Crippen LogP contribution in [0, 0.1) is 13.8 Å². The Kier molecular flexibility index (Phi) is 5.09. The van der Waals surface area contributed by atoms with Crippen LogP contribution in [0.3, 0.4) is 0 Å². The Balaban J connectivity index is 1.81. The number of rotatable bonds is 2. The number of fused-ring (bicyclic) bond motifs is 2. The monoisotopic (exact) mass is 416 g/mol. The summed E-state index contributed by atoms with van der Waals surface area (Å²) in [5.74, 6) is 0. The molecule has 0 atom stereocenters. The molecule has 0 heterocycles. The van der Waals surface area contributed by atoms with Crippen LogP contribution < -0.4 is 0 Å². The molecule has 0 unspecified atom stereocenters. The van der Waals surface area contributed by atoms with E-state index in [9.17, 15) is 0 Å². The van der Waals surface area contributed by atoms with Gasteiger partial charge in [0.15, 0.2) is 0 Å². The topological polar surface area (TPSA) is 0 Å². The maximum absolute atomic E-state index is 2.57. The van der Waals surface area contributed by atoms with Crippen molar-refractivity contribution in [2.75, 3.05) is 0 Å². The molecule has 2 aromatic rings. The number of hydrogen-bond acceptors (Lipinski definition) is 0. The zero-order valence-electron chi connectivity index (χ0n) is 21.8. The summed E-state index contributed by atoms with van der Waals surface area (Å²) in [5, 5.41) is 0. The fourth-order valence-corrected chi connectivity index (χ4v) is 6.12. The molecule has 0 saturated carbocycles. The van der Waals surface area contributed by atoms with Gasteiger partial charge in [-0.15, -0.1) is 0 Å². The molecule has 0 spiro atoms. The van der Waals surface area contributed by atoms with Gasteiger partial charge in [0, 0.05) is 0 Å². The Hall–Kier alpha value is -1.56. The largest absolute Gasteiger partial charge is 0.0558 e. The molecular formula is C31H44. The molecule has 0 N–H and O–H groups in total. The Morgan fingerprint density at radius 1 is 0.484 bits per heavy atom. The molecule has 31 heavy (non-hydrogen) atoms. The van der Waals surface area contributed by atoms with E-state index in [2.05, 4.69) is 93.5 Å². The normalized spacial score (nSPS) is 22.5. The van der Waals surface area contributed by atoms with Crippen molar-refractivity contribution in [2.24, 2.45) is 0 Å². The van der Waals surface area contributed by atoms with Gasteiger partial charge in [-0.3, -0.25) is 0 Å². The van der Waals surface area contributed by atoms with E-state index in [0.29, 0.717) is 0 Å². The van der Waals surface area contributed by atoms with Gasteiger partial charge in [-0.2, -0.15) is 0 Å². The molecule has 0 aliphatic heterocycles. The van der Waals surface area contributed by atoms with Crippen molar-refractivity contribution in [3.05, 3.63) is 68.8 Å². The summed E-state index contributed by atoms with van der Waals surface area (Å²) in [4.78, 5) is 0. The van der Waals surface area contributed by atoms with E-state index in [4.69, 9.17) is 0 Å². The highest BCUT2D eigenvalue weighted by molar-refractivity contribution is 5.51. The van der Waals surface area contributed by atoms with Crippen molar-refractivity contribution in [1.82, 2.24) is 0 Å². The highest BCUT2D eigenvalue weighted by Gasteiger charge is 2.39. The Bertz CT molecular complexity index is 943. The highest BCUT2D eigenvalue weighted by Crippen LogP contribution is 2.48. The first-order valence-corrected chi connectivity index (χ1v) is 12.4. The fourth-order valence-electron chi connectivity index (χ4n) is 6.12. The van der Waals surface area contributed by atoms with Crippen molar-refractivity contribution in [1.29, 1.82) is 0 Å². The van der Waals surface area contributed by atoms with E-state index in [1.807, 2.05) is 0 Å². The molecule has 0 radical (unpaired) electrons. The predicted molar refractivity (Wildman–Crippen MR) is 136 cm³/mol. The first kappa shape index (κ1) is 22.6. The third-order valence-corrected chi connectivity index (χ3v) is 9.00. The quantitative estimate of drug-likeness (QED) is 0.460. The van der Waals surface area contributed by atoms with E-state index in [1.54, 1.807) is 22.3 Å². The van der Waals surface area contributed by atoms with Gasteiger partial charge in [-0.1, -0.05) is 79.7 Å². The lowest BCUT2D eigenvalue weighted by Gasteiger charge is -2.43. The molecule has 0 bridgehead atoms. The molecular weight excluding hydrogens is 372 g/mol. The standard InChI is InChI=1S/C31H44/c1-20-15-24-26(30(7,8)13-11-28(24,3)4)18-22(20)17-23-19-27-25(16-21(23)2)29(5,6)12-14-31(27,9)10/h15-16,18-19H,11-14,17H2,1-10H3. The zero-order chi connectivity index (χ0) is 23.0. The zero-order valence-corrected chi connectivity index (χ0v) is 21.8. The SMILES string of the molecule is Cc1cc2c(cc1Cc1cc3c(cc1C)C(C)(C)CCC3(C)C)C(C)(C)CCC2(C)C. The lowest BCUT2D eigenvalue weighted by molar-refractivity contribution is 0.331. The van der Waals surface area contributed by atoms with Crippen molar-refractivity contribution in [3.63, 3.8) is 0 Å². The van der Waals surface area contributed by atoms with Crippen LogP contribution in [0.2, 0.25) is 0 Å². The minimum absolute atomic E-state index is 0.268. The summed E-state index contributed by atoms with van der Waals surface area (Å²) in [7, 11) is 0. The van der Waals surface area contributed by atoms with E-state index >= 15 is 0 Å². The van der Waals surface area contributed by atoms with Crippen LogP contribution in [0.4, 0.5) is 0 Å². The summed E-state index contributed by atoms with van der Waals surface area (Å²) >= 11 is 0. The summed E-state index contributed by atoms with van der Waals surface area (Å²) in [6.07, 6.45) is 6.15. The maximum Gasteiger partial charge on any atom is -0.00203 e. The summed E-state index contributed by atoms with van der Waals surface area (Å²) in [6.45, 7) is 24.1. The summed E-state index contributed by atoms with van der Waals surface area (Å²) in [5.41, 5.74) is 13.4. The van der Waals surface area contributed by atoms with E-state index in [1.165, 1.54) is 47.9 Å². The minimum atomic E-state index is 0.268. The van der Waals surface area contributed by atoms with Gasteiger partial charge in [0.05, 0.1) is 0 Å². The van der Waals surface area contributed by atoms with Crippen LogP contribution >= 0.6 is 0 Å². The lowest BCUT2D eigenvalue weighted by Crippen LogP contribution is -2.34. The maximum atomic E-state index is 2.57. The second kappa shape index (κ2) is 6.97. The van der Waals surface area contributed by atoms with E-state index in [0.717, 1.165) is 6.42 Å². The third kappa shape index (κ3) is 3.79. The summed E-state index contributed by atoms with van der Waals surface area (Å²) in [6, 6.07) is 10.2. The van der Waals surface area contributed by atoms with Crippen LogP contribution in [0.15, 0.2) is 24.3 Å². The second-order valence-corrected chi connectivity index (χ2v) is 13.4. The smallest absolute Gasteiger partial charge is 0.00203 e. The Labute approximate surface area is 191 Å². The average Bonchev–Trinajstić information content (AvgIpc) is 2.65. The van der Waals surface area contributed by atoms with Gasteiger partial charge < -0.3 is 0 Å². The van der Waals surface area contributed by atoms with Gasteiger partial charge in [0.25, 0.3) is 0 Å². The van der Waals surface area contributed by atoms with Crippen molar-refractivity contribution >= 4 is 0 Å². The average molecular weight is 417 g/mol. The minimum Gasteiger partial charge on any atom is -0.0558 e. The second-order valence-electron chi connectivity index (χ2n) is 13.4. The van der Waals surface area contributed by atoms with Crippen LogP contribution in [0.5, 0.6) is 0 Å². The molecule has 2 aliphatic carbocycles. The molecule has 0 fully saturated rings. The van der Waals surface area contributed by atoms with E-state index < -0.39 is 0 Å². The molecule has 2 aromatic carbocycles. The molecule has 0 aromatic heterocycles. The van der Waals surface area contributed by atoms with Crippen LogP contribution in [0.1, 0.15) is 126 Å². The Morgan fingerprint density at radius 3 is 1.03 bits per heavy atom. The van der Waals surface area contributed by atoms with Crippen LogP contribution in [-0.4, -0.2) is 0 Å². The molecule has 0 nitrogen and oxygen atoms in total. The van der Waals surface area contributed by atoms with Gasteiger partial charge in [-0.25, -0.2) is 0 Å². The predicted octanol–water partition coefficient (Wildman–Crippen LogP) is 8.59. The van der Waals surface area contributed by atoms with Crippen LogP contribution in [0.25, 0.3) is 0 Å². The van der Waals surface area contributed by atoms with Crippen molar-refractivity contribution < 1.29 is 0 Å². The Morgan fingerprint density at radius 2 is 0.742 bits per heavy atom. The van der Waals surface area contributed by atoms with Gasteiger partial charge in [-0.05, 0) is 112 Å². The molecule has 0 saturated heterocycles. The first-order chi connectivity index (χ1) is 14.1. The number of hydrogen-bond donors (Lipinski definition) is 0. The first-order valence-electron chi connectivity index (χ1n) is 12.4. The van der Waals surface area contributed by atoms with E-state index in [-0.39, 0.29) is 21.7 Å². The molecule has 2 aliphatic rings. The third-order valence-electron chi connectivity index (χ3n) is 9.00. The lowest BCUT2D eigenvalue weighted by atomic mass is 9.62. The summed E-state index contributed by atoms with van der Waals surface area (Å²) < 4.78 is 0.